The molecule has 3 N–H and O–H groups in total. The standard InChI is InChI=1S/C15H25N3O/c1-3-18(12-8-9-12)11-10-17-13-6-5-7-14(15(13)16)19-4-2/h5-7,12,17H,3-4,8-11,16H2,1-2H3. The third kappa shape index (κ3) is 3.77. The summed E-state index contributed by atoms with van der Waals surface area (Å²) in [5.41, 5.74) is 7.77. The van der Waals surface area contributed by atoms with Gasteiger partial charge in [-0.25, -0.2) is 0 Å². The second kappa shape index (κ2) is 6.66. The first-order valence-corrected chi connectivity index (χ1v) is 7.25. The van der Waals surface area contributed by atoms with E-state index in [-0.39, 0.29) is 0 Å². The van der Waals surface area contributed by atoms with Crippen LogP contribution in [0.4, 0.5) is 11.4 Å². The summed E-state index contributed by atoms with van der Waals surface area (Å²) in [5, 5.41) is 3.41. The monoisotopic (exact) mass is 263 g/mol. The molecule has 2 rings (SSSR count). The van der Waals surface area contributed by atoms with Gasteiger partial charge in [-0.3, -0.25) is 4.90 Å². The maximum atomic E-state index is 6.09. The molecule has 4 heteroatoms. The molecule has 0 heterocycles. The van der Waals surface area contributed by atoms with Crippen LogP contribution in [0.2, 0.25) is 0 Å². The lowest BCUT2D eigenvalue weighted by Gasteiger charge is -2.20. The van der Waals surface area contributed by atoms with Crippen LogP contribution in [0.1, 0.15) is 26.7 Å². The van der Waals surface area contributed by atoms with E-state index in [4.69, 9.17) is 10.5 Å². The van der Waals surface area contributed by atoms with E-state index in [0.717, 1.165) is 37.1 Å². The normalized spacial score (nSPS) is 14.7. The van der Waals surface area contributed by atoms with Gasteiger partial charge in [0, 0.05) is 19.1 Å². The largest absolute Gasteiger partial charge is 0.492 e. The molecule has 19 heavy (non-hydrogen) atoms. The van der Waals surface area contributed by atoms with Crippen molar-refractivity contribution < 1.29 is 4.74 Å². The van der Waals surface area contributed by atoms with Crippen molar-refractivity contribution in [3.05, 3.63) is 18.2 Å². The summed E-state index contributed by atoms with van der Waals surface area (Å²) in [4.78, 5) is 2.52. The lowest BCUT2D eigenvalue weighted by molar-refractivity contribution is 0.289. The van der Waals surface area contributed by atoms with Crippen LogP contribution in [-0.4, -0.2) is 37.2 Å². The van der Waals surface area contributed by atoms with E-state index in [1.807, 2.05) is 25.1 Å². The maximum absolute atomic E-state index is 6.09. The molecule has 106 valence electrons. The predicted octanol–water partition coefficient (Wildman–Crippen LogP) is 2.56. The van der Waals surface area contributed by atoms with Crippen LogP contribution < -0.4 is 15.8 Å². The average Bonchev–Trinajstić information content (AvgIpc) is 3.23. The highest BCUT2D eigenvalue weighted by atomic mass is 16.5. The van der Waals surface area contributed by atoms with Crippen LogP contribution in [0.25, 0.3) is 0 Å². The Hall–Kier alpha value is -1.42. The Morgan fingerprint density at radius 2 is 2.16 bits per heavy atom. The number of para-hydroxylation sites is 1. The van der Waals surface area contributed by atoms with Crippen LogP contribution in [0.15, 0.2) is 18.2 Å². The van der Waals surface area contributed by atoms with Gasteiger partial charge in [0.05, 0.1) is 18.0 Å². The zero-order chi connectivity index (χ0) is 13.7. The number of nitrogen functional groups attached to an aromatic ring is 1. The first-order valence-electron chi connectivity index (χ1n) is 7.25. The van der Waals surface area contributed by atoms with E-state index in [1.165, 1.54) is 12.8 Å². The number of benzene rings is 1. The maximum Gasteiger partial charge on any atom is 0.144 e. The van der Waals surface area contributed by atoms with Gasteiger partial charge in [0.15, 0.2) is 0 Å². The molecule has 1 aromatic rings. The molecule has 1 aromatic carbocycles. The van der Waals surface area contributed by atoms with Crippen LogP contribution in [-0.2, 0) is 0 Å². The Balaban J connectivity index is 1.86. The number of hydrogen-bond donors (Lipinski definition) is 2. The van der Waals surface area contributed by atoms with Crippen molar-refractivity contribution in [1.82, 2.24) is 4.90 Å². The first-order chi connectivity index (χ1) is 9.26. The van der Waals surface area contributed by atoms with E-state index in [2.05, 4.69) is 17.1 Å². The Morgan fingerprint density at radius 1 is 1.37 bits per heavy atom. The van der Waals surface area contributed by atoms with Gasteiger partial charge in [-0.1, -0.05) is 13.0 Å². The molecule has 1 aliphatic carbocycles. The zero-order valence-electron chi connectivity index (χ0n) is 12.0. The lowest BCUT2D eigenvalue weighted by atomic mass is 10.2. The van der Waals surface area contributed by atoms with Gasteiger partial charge in [-0.2, -0.15) is 0 Å². The van der Waals surface area contributed by atoms with Gasteiger partial charge in [0.25, 0.3) is 0 Å². The van der Waals surface area contributed by atoms with Crippen LogP contribution in [0.3, 0.4) is 0 Å². The van der Waals surface area contributed by atoms with Gasteiger partial charge in [-0.15, -0.1) is 0 Å². The van der Waals surface area contributed by atoms with Crippen molar-refractivity contribution in [1.29, 1.82) is 0 Å². The number of anilines is 2. The SMILES string of the molecule is CCOc1cccc(NCCN(CC)C2CC2)c1N. The molecular weight excluding hydrogens is 238 g/mol. The van der Waals surface area contributed by atoms with Crippen molar-refractivity contribution in [3.63, 3.8) is 0 Å². The molecule has 1 aliphatic rings. The molecule has 0 aliphatic heterocycles. The fourth-order valence-electron chi connectivity index (χ4n) is 2.35. The Bertz CT molecular complexity index is 404. The van der Waals surface area contributed by atoms with Crippen LogP contribution in [0.5, 0.6) is 5.75 Å². The van der Waals surface area contributed by atoms with Crippen molar-refractivity contribution in [2.75, 3.05) is 37.3 Å². The number of likely N-dealkylation sites (N-methyl/N-ethyl adjacent to an activating group) is 1. The molecule has 0 unspecified atom stereocenters. The summed E-state index contributed by atoms with van der Waals surface area (Å²) in [7, 11) is 0. The van der Waals surface area contributed by atoms with E-state index < -0.39 is 0 Å². The minimum absolute atomic E-state index is 0.638. The summed E-state index contributed by atoms with van der Waals surface area (Å²) < 4.78 is 5.50. The minimum atomic E-state index is 0.638. The summed E-state index contributed by atoms with van der Waals surface area (Å²) in [5.74, 6) is 0.766. The quantitative estimate of drug-likeness (QED) is 0.708. The van der Waals surface area contributed by atoms with Gasteiger partial charge in [0.2, 0.25) is 0 Å². The number of nitrogens with two attached hydrogens (primary N) is 1. The van der Waals surface area contributed by atoms with Crippen molar-refractivity contribution >= 4 is 11.4 Å². The van der Waals surface area contributed by atoms with Crippen LogP contribution in [0, 0.1) is 0 Å². The molecule has 4 nitrogen and oxygen atoms in total. The number of rotatable bonds is 8. The molecule has 0 spiro atoms. The predicted molar refractivity (Wildman–Crippen MR) is 80.8 cm³/mol. The van der Waals surface area contributed by atoms with E-state index in [1.54, 1.807) is 0 Å². The summed E-state index contributed by atoms with van der Waals surface area (Å²) in [6, 6.07) is 6.71. The number of nitrogens with one attached hydrogen (secondary N) is 1. The smallest absolute Gasteiger partial charge is 0.144 e. The van der Waals surface area contributed by atoms with Gasteiger partial charge in [-0.05, 0) is 38.4 Å². The Morgan fingerprint density at radius 3 is 2.79 bits per heavy atom. The molecule has 0 aromatic heterocycles. The third-order valence-electron chi connectivity index (χ3n) is 3.55. The molecule has 0 bridgehead atoms. The number of nitrogens with zero attached hydrogens (tertiary/aromatic N) is 1. The van der Waals surface area contributed by atoms with Crippen molar-refractivity contribution in [3.8, 4) is 5.75 Å². The van der Waals surface area contributed by atoms with E-state index >= 15 is 0 Å². The second-order valence-electron chi connectivity index (χ2n) is 4.94. The second-order valence-corrected chi connectivity index (χ2v) is 4.94. The zero-order valence-corrected chi connectivity index (χ0v) is 12.0. The van der Waals surface area contributed by atoms with Crippen molar-refractivity contribution in [2.24, 2.45) is 0 Å². The molecule has 1 saturated carbocycles. The summed E-state index contributed by atoms with van der Waals surface area (Å²) in [6.45, 7) is 7.94. The van der Waals surface area contributed by atoms with Crippen molar-refractivity contribution in [2.45, 2.75) is 32.7 Å². The van der Waals surface area contributed by atoms with E-state index in [0.29, 0.717) is 12.3 Å². The fourth-order valence-corrected chi connectivity index (χ4v) is 2.35. The first kappa shape index (κ1) is 14.0. The molecule has 1 fully saturated rings. The van der Waals surface area contributed by atoms with Gasteiger partial charge >= 0.3 is 0 Å². The molecule has 0 saturated heterocycles. The highest BCUT2D eigenvalue weighted by Gasteiger charge is 2.27. The number of hydrogen-bond acceptors (Lipinski definition) is 4. The molecule has 0 atom stereocenters. The molecule has 0 amide bonds. The summed E-state index contributed by atoms with van der Waals surface area (Å²) in [6.07, 6.45) is 2.71. The Kier molecular flexibility index (Phi) is 4.91. The highest BCUT2D eigenvalue weighted by molar-refractivity contribution is 5.72. The number of ether oxygens (including phenoxy) is 1. The topological polar surface area (TPSA) is 50.5 Å². The highest BCUT2D eigenvalue weighted by Crippen LogP contribution is 2.29. The summed E-state index contributed by atoms with van der Waals surface area (Å²) >= 11 is 0. The average molecular weight is 263 g/mol. The molecular formula is C15H25N3O. The van der Waals surface area contributed by atoms with E-state index in [9.17, 15) is 0 Å². The van der Waals surface area contributed by atoms with Gasteiger partial charge < -0.3 is 15.8 Å². The Labute approximate surface area is 115 Å². The fraction of sp³-hybridized carbons (Fsp3) is 0.600. The van der Waals surface area contributed by atoms with Gasteiger partial charge in [0.1, 0.15) is 5.75 Å². The lowest BCUT2D eigenvalue weighted by Crippen LogP contribution is -2.31. The minimum Gasteiger partial charge on any atom is -0.492 e. The van der Waals surface area contributed by atoms with Crippen LogP contribution >= 0.6 is 0 Å². The molecule has 0 radical (unpaired) electrons. The third-order valence-corrected chi connectivity index (χ3v) is 3.55.